The largest absolute Gasteiger partial charge is 0.508 e. The van der Waals surface area contributed by atoms with E-state index in [1.807, 2.05) is 47.9 Å². The minimum Gasteiger partial charge on any atom is -0.508 e. The third kappa shape index (κ3) is 8.81. The van der Waals surface area contributed by atoms with Crippen molar-refractivity contribution in [3.8, 4) is 17.2 Å². The van der Waals surface area contributed by atoms with Crippen molar-refractivity contribution in [1.82, 2.24) is 29.6 Å². The van der Waals surface area contributed by atoms with Gasteiger partial charge >= 0.3 is 0 Å². The molecule has 4 aliphatic heterocycles. The Morgan fingerprint density at radius 2 is 1.48 bits per heavy atom. The molecule has 1 aromatic heterocycles. The zero-order valence-electron chi connectivity index (χ0n) is 36.9. The molecular formula is C49H57N9O6. The Morgan fingerprint density at radius 3 is 2.25 bits per heavy atom. The number of anilines is 3. The fraction of sp³-hybridized carbons (Fsp3) is 0.408. The summed E-state index contributed by atoms with van der Waals surface area (Å²) in [6, 6.07) is 20.9. The van der Waals surface area contributed by atoms with Crippen molar-refractivity contribution >= 4 is 45.9 Å². The molecule has 334 valence electrons. The molecule has 0 spiro atoms. The van der Waals surface area contributed by atoms with Crippen molar-refractivity contribution < 1.29 is 29.7 Å². The van der Waals surface area contributed by atoms with Crippen LogP contribution < -0.4 is 15.1 Å². The van der Waals surface area contributed by atoms with Crippen molar-refractivity contribution in [2.45, 2.75) is 65.7 Å². The second-order valence-corrected chi connectivity index (χ2v) is 17.8. The normalized spacial score (nSPS) is 16.7. The summed E-state index contributed by atoms with van der Waals surface area (Å²) in [5.74, 6) is 1.23. The zero-order chi connectivity index (χ0) is 44.6. The van der Waals surface area contributed by atoms with Crippen LogP contribution in [-0.2, 0) is 42.2 Å². The molecule has 3 amide bonds. The quantitative estimate of drug-likeness (QED) is 0.141. The van der Waals surface area contributed by atoms with Crippen LogP contribution >= 0.6 is 0 Å². The van der Waals surface area contributed by atoms with E-state index in [-0.39, 0.29) is 46.5 Å². The van der Waals surface area contributed by atoms with Crippen molar-refractivity contribution in [2.75, 3.05) is 80.6 Å². The summed E-state index contributed by atoms with van der Waals surface area (Å²) in [4.78, 5) is 61.6. The lowest BCUT2D eigenvalue weighted by molar-refractivity contribution is -0.132. The van der Waals surface area contributed by atoms with Crippen molar-refractivity contribution in [3.05, 3.63) is 106 Å². The molecule has 15 heteroatoms. The molecule has 4 aromatic carbocycles. The van der Waals surface area contributed by atoms with Gasteiger partial charge in [-0.25, -0.2) is 4.98 Å². The number of fused-ring (bicyclic) bond motifs is 3. The maximum atomic E-state index is 13.5. The van der Waals surface area contributed by atoms with Gasteiger partial charge in [0.1, 0.15) is 23.1 Å². The summed E-state index contributed by atoms with van der Waals surface area (Å²) in [5, 5.41) is 36.8. The first kappa shape index (κ1) is 42.7. The third-order valence-corrected chi connectivity index (χ3v) is 13.3. The van der Waals surface area contributed by atoms with Crippen LogP contribution in [0.2, 0.25) is 0 Å². The highest BCUT2D eigenvalue weighted by molar-refractivity contribution is 5.98. The average molecular weight is 868 g/mol. The van der Waals surface area contributed by atoms with Gasteiger partial charge in [-0.15, -0.1) is 0 Å². The van der Waals surface area contributed by atoms with Gasteiger partial charge in [0.15, 0.2) is 0 Å². The Kier molecular flexibility index (Phi) is 11.9. The number of hydrogen-bond donors (Lipinski definition) is 4. The van der Waals surface area contributed by atoms with Crippen LogP contribution in [0.15, 0.2) is 66.7 Å². The topological polar surface area (TPSA) is 169 Å². The zero-order valence-corrected chi connectivity index (χ0v) is 36.9. The number of phenols is 3. The van der Waals surface area contributed by atoms with Crippen LogP contribution in [-0.4, -0.2) is 128 Å². The Hall–Kier alpha value is -6.61. The molecule has 2 saturated heterocycles. The number of carbonyl (C=O) groups excluding carboxylic acids is 3. The monoisotopic (exact) mass is 867 g/mol. The number of aromatic hydroxyl groups is 3. The van der Waals surface area contributed by atoms with E-state index in [0.717, 1.165) is 82.8 Å². The number of aromatic nitrogens is 2. The molecule has 9 rings (SSSR count). The lowest BCUT2D eigenvalue weighted by Gasteiger charge is -2.38. The highest BCUT2D eigenvalue weighted by atomic mass is 16.3. The number of carbonyl (C=O) groups is 3. The summed E-state index contributed by atoms with van der Waals surface area (Å²) >= 11 is 0. The van der Waals surface area contributed by atoms with Crippen LogP contribution in [0, 0.1) is 0 Å². The van der Waals surface area contributed by atoms with Crippen LogP contribution in [0.5, 0.6) is 17.2 Å². The molecule has 5 aromatic rings. The summed E-state index contributed by atoms with van der Waals surface area (Å²) in [6.07, 6.45) is 1.03. The fourth-order valence-electron chi connectivity index (χ4n) is 9.67. The van der Waals surface area contributed by atoms with Crippen molar-refractivity contribution in [1.29, 1.82) is 0 Å². The smallest absolute Gasteiger partial charge is 0.258 e. The Morgan fingerprint density at radius 1 is 0.734 bits per heavy atom. The Bertz CT molecular complexity index is 2600. The molecule has 0 aliphatic carbocycles. The van der Waals surface area contributed by atoms with E-state index in [1.165, 1.54) is 6.07 Å². The van der Waals surface area contributed by atoms with E-state index < -0.39 is 0 Å². The number of rotatable bonds is 10. The Labute approximate surface area is 373 Å². The van der Waals surface area contributed by atoms with Gasteiger partial charge in [0.05, 0.1) is 17.8 Å². The lowest BCUT2D eigenvalue weighted by atomic mass is 9.98. The number of amides is 3. The average Bonchev–Trinajstić information content (AvgIpc) is 3.72. The van der Waals surface area contributed by atoms with Gasteiger partial charge in [-0.3, -0.25) is 19.3 Å². The van der Waals surface area contributed by atoms with E-state index in [4.69, 9.17) is 9.97 Å². The molecule has 5 heterocycles. The molecule has 4 N–H and O–H groups in total. The van der Waals surface area contributed by atoms with Crippen LogP contribution in [0.3, 0.4) is 0 Å². The number of hydrogen-bond acceptors (Lipinski definition) is 12. The fourth-order valence-corrected chi connectivity index (χ4v) is 9.67. The molecule has 0 atom stereocenters. The molecule has 0 bridgehead atoms. The highest BCUT2D eigenvalue weighted by Crippen LogP contribution is 2.37. The molecule has 64 heavy (non-hydrogen) atoms. The number of piperazine rings is 2. The summed E-state index contributed by atoms with van der Waals surface area (Å²) in [5.41, 5.74) is 7.10. The van der Waals surface area contributed by atoms with Gasteiger partial charge in [-0.2, -0.15) is 4.98 Å². The number of phenolic OH excluding ortho intramolecular Hbond substituents is 3. The standard InChI is InChI=1S/C49H57N9O6/c1-31(2)40-25-41(45(62)26-44(40)61)48(64)58-28-35-9-8-33(22-36(35)29-58)27-53-14-16-55(17-15-53)46(63)10-12-50-49-51-42-30-57(43-24-37(60)23-34-6-4-5-7-38(34)43)13-11-39(42)47(52-49)56-20-18-54(19-21-56)32(3)59/h4-9,22-26,31,60-62H,10-21,27-30H2,1-3H3,(H,50,51,52). The summed E-state index contributed by atoms with van der Waals surface area (Å²) in [6.45, 7) is 14.1. The first-order chi connectivity index (χ1) is 30.9. The van der Waals surface area contributed by atoms with E-state index >= 15 is 0 Å². The number of benzene rings is 4. The molecule has 0 saturated carbocycles. The maximum Gasteiger partial charge on any atom is 0.258 e. The van der Waals surface area contributed by atoms with Crippen LogP contribution in [0.1, 0.15) is 77.0 Å². The number of nitrogens with one attached hydrogen (secondary N) is 1. The SMILES string of the molecule is CC(=O)N1CCN(c2nc(NCCC(=O)N3CCN(Cc4ccc5c(c4)CN(C(=O)c4cc(C(C)C)c(O)cc4O)C5)CC3)nc3c2CCN(c2cc(O)cc4ccccc24)C3)CC1. The Balaban J connectivity index is 0.805. The van der Waals surface area contributed by atoms with Gasteiger partial charge in [0.25, 0.3) is 5.91 Å². The van der Waals surface area contributed by atoms with Crippen LogP contribution in [0.4, 0.5) is 17.5 Å². The molecule has 2 fully saturated rings. The predicted molar refractivity (Wildman–Crippen MR) is 246 cm³/mol. The van der Waals surface area contributed by atoms with Gasteiger partial charge in [-0.05, 0) is 52.1 Å². The highest BCUT2D eigenvalue weighted by Gasteiger charge is 2.31. The van der Waals surface area contributed by atoms with E-state index in [1.54, 1.807) is 24.0 Å². The van der Waals surface area contributed by atoms with Crippen LogP contribution in [0.25, 0.3) is 10.8 Å². The second kappa shape index (κ2) is 17.9. The van der Waals surface area contributed by atoms with Gasteiger partial charge in [0.2, 0.25) is 17.8 Å². The first-order valence-electron chi connectivity index (χ1n) is 22.4. The van der Waals surface area contributed by atoms with E-state index in [0.29, 0.717) is 83.4 Å². The third-order valence-electron chi connectivity index (χ3n) is 13.3. The molecule has 4 aliphatic rings. The van der Waals surface area contributed by atoms with Crippen molar-refractivity contribution in [3.63, 3.8) is 0 Å². The van der Waals surface area contributed by atoms with Gasteiger partial charge in [-0.1, -0.05) is 56.3 Å². The van der Waals surface area contributed by atoms with Gasteiger partial charge in [0, 0.05) is 127 Å². The van der Waals surface area contributed by atoms with E-state index in [9.17, 15) is 29.7 Å². The summed E-state index contributed by atoms with van der Waals surface area (Å²) < 4.78 is 0. The molecule has 15 nitrogen and oxygen atoms in total. The van der Waals surface area contributed by atoms with Crippen molar-refractivity contribution in [2.24, 2.45) is 0 Å². The van der Waals surface area contributed by atoms with E-state index in [2.05, 4.69) is 44.3 Å². The summed E-state index contributed by atoms with van der Waals surface area (Å²) in [7, 11) is 0. The molecule has 0 radical (unpaired) electrons. The lowest BCUT2D eigenvalue weighted by Crippen LogP contribution is -2.49. The minimum atomic E-state index is -0.263. The molecular weight excluding hydrogens is 811 g/mol. The maximum absolute atomic E-state index is 13.5. The number of nitrogens with zero attached hydrogens (tertiary/aromatic N) is 8. The second-order valence-electron chi connectivity index (χ2n) is 17.8. The predicted octanol–water partition coefficient (Wildman–Crippen LogP) is 5.40. The molecule has 0 unspecified atom stereocenters. The first-order valence-corrected chi connectivity index (χ1v) is 22.4. The van der Waals surface area contributed by atoms with Gasteiger partial charge < -0.3 is 45.1 Å². The minimum absolute atomic E-state index is 0.000151.